The molecule has 0 saturated heterocycles. The third-order valence-corrected chi connectivity index (χ3v) is 2.38. The van der Waals surface area contributed by atoms with E-state index >= 15 is 0 Å². The second kappa shape index (κ2) is 17.9. The van der Waals surface area contributed by atoms with E-state index < -0.39 is 0 Å². The summed E-state index contributed by atoms with van der Waals surface area (Å²) < 4.78 is 0. The first kappa shape index (κ1) is 21.7. The molecule has 0 aliphatic rings. The standard InChI is InChI=1S/2C8H16.CH4/c2*1-4-5-6-7-8(2)3;/h2*4,8H,1,5-7H2,2-3H3;1H4. The van der Waals surface area contributed by atoms with Gasteiger partial charge in [-0.15, -0.1) is 13.2 Å². The van der Waals surface area contributed by atoms with Gasteiger partial charge in [0.05, 0.1) is 0 Å². The highest BCUT2D eigenvalue weighted by Gasteiger charge is 1.90. The van der Waals surface area contributed by atoms with Gasteiger partial charge in [0.1, 0.15) is 0 Å². The van der Waals surface area contributed by atoms with Gasteiger partial charge in [0.15, 0.2) is 0 Å². The van der Waals surface area contributed by atoms with E-state index in [-0.39, 0.29) is 7.43 Å². The average Bonchev–Trinajstić information content (AvgIpc) is 2.18. The predicted molar refractivity (Wildman–Crippen MR) is 84.5 cm³/mol. The van der Waals surface area contributed by atoms with Gasteiger partial charge >= 0.3 is 0 Å². The Labute approximate surface area is 111 Å². The number of rotatable bonds is 8. The minimum Gasteiger partial charge on any atom is -0.103 e. The van der Waals surface area contributed by atoms with E-state index in [0.29, 0.717) is 0 Å². The van der Waals surface area contributed by atoms with Gasteiger partial charge in [-0.25, -0.2) is 0 Å². The molecule has 0 aromatic heterocycles. The summed E-state index contributed by atoms with van der Waals surface area (Å²) >= 11 is 0. The quantitative estimate of drug-likeness (QED) is 0.330. The van der Waals surface area contributed by atoms with Gasteiger partial charge in [0.2, 0.25) is 0 Å². The minimum atomic E-state index is 0. The van der Waals surface area contributed by atoms with Crippen molar-refractivity contribution < 1.29 is 0 Å². The van der Waals surface area contributed by atoms with Crippen molar-refractivity contribution in [2.75, 3.05) is 0 Å². The topological polar surface area (TPSA) is 0 Å². The molecule has 0 aliphatic carbocycles. The zero-order valence-electron chi connectivity index (χ0n) is 12.0. The number of hydrogen-bond donors (Lipinski definition) is 0. The Balaban J connectivity index is -0.000000218. The molecule has 104 valence electrons. The third kappa shape index (κ3) is 31.3. The summed E-state index contributed by atoms with van der Waals surface area (Å²) in [6.07, 6.45) is 11.6. The van der Waals surface area contributed by atoms with Crippen molar-refractivity contribution in [1.82, 2.24) is 0 Å². The van der Waals surface area contributed by atoms with E-state index in [4.69, 9.17) is 0 Å². The zero-order chi connectivity index (χ0) is 12.8. The van der Waals surface area contributed by atoms with E-state index in [2.05, 4.69) is 40.9 Å². The lowest BCUT2D eigenvalue weighted by Crippen LogP contribution is -1.84. The molecule has 0 fully saturated rings. The average molecular weight is 240 g/mol. The molecular formula is C17H36. The third-order valence-electron chi connectivity index (χ3n) is 2.38. The van der Waals surface area contributed by atoms with Gasteiger partial charge in [0, 0.05) is 0 Å². The lowest BCUT2D eigenvalue weighted by molar-refractivity contribution is 0.560. The van der Waals surface area contributed by atoms with Crippen LogP contribution in [0.5, 0.6) is 0 Å². The Morgan fingerprint density at radius 1 is 0.765 bits per heavy atom. The van der Waals surface area contributed by atoms with E-state index in [0.717, 1.165) is 11.8 Å². The van der Waals surface area contributed by atoms with Crippen LogP contribution < -0.4 is 0 Å². The van der Waals surface area contributed by atoms with Crippen LogP contribution in [0.25, 0.3) is 0 Å². The van der Waals surface area contributed by atoms with Crippen LogP contribution in [0.2, 0.25) is 0 Å². The summed E-state index contributed by atoms with van der Waals surface area (Å²) in [6.45, 7) is 16.3. The van der Waals surface area contributed by atoms with Crippen LogP contribution in [0.1, 0.15) is 73.6 Å². The van der Waals surface area contributed by atoms with Crippen LogP contribution in [0, 0.1) is 11.8 Å². The lowest BCUT2D eigenvalue weighted by Gasteiger charge is -1.99. The van der Waals surface area contributed by atoms with Gasteiger partial charge < -0.3 is 0 Å². The molecule has 0 unspecified atom stereocenters. The molecule has 0 rings (SSSR count). The Morgan fingerprint density at radius 3 is 1.24 bits per heavy atom. The second-order valence-electron chi connectivity index (χ2n) is 5.23. The Kier molecular flexibility index (Phi) is 22.8. The van der Waals surface area contributed by atoms with Gasteiger partial charge in [-0.1, -0.05) is 60.1 Å². The first-order chi connectivity index (χ1) is 7.54. The molecular weight excluding hydrogens is 204 g/mol. The zero-order valence-corrected chi connectivity index (χ0v) is 12.0. The van der Waals surface area contributed by atoms with E-state index in [1.54, 1.807) is 0 Å². The van der Waals surface area contributed by atoms with E-state index in [9.17, 15) is 0 Å². The van der Waals surface area contributed by atoms with Crippen molar-refractivity contribution in [1.29, 1.82) is 0 Å². The van der Waals surface area contributed by atoms with E-state index in [1.165, 1.54) is 38.5 Å². The summed E-state index contributed by atoms with van der Waals surface area (Å²) in [5.41, 5.74) is 0. The summed E-state index contributed by atoms with van der Waals surface area (Å²) in [5, 5.41) is 0. The van der Waals surface area contributed by atoms with Crippen molar-refractivity contribution in [3.8, 4) is 0 Å². The maximum atomic E-state index is 3.66. The van der Waals surface area contributed by atoms with Gasteiger partial charge in [-0.05, 0) is 37.5 Å². The summed E-state index contributed by atoms with van der Waals surface area (Å²) in [6, 6.07) is 0. The summed E-state index contributed by atoms with van der Waals surface area (Å²) in [7, 11) is 0. The molecule has 0 amide bonds. The van der Waals surface area contributed by atoms with Crippen molar-refractivity contribution >= 4 is 0 Å². The Morgan fingerprint density at radius 2 is 1.06 bits per heavy atom. The van der Waals surface area contributed by atoms with Gasteiger partial charge in [0.25, 0.3) is 0 Å². The molecule has 0 aromatic carbocycles. The number of unbranched alkanes of at least 4 members (excludes halogenated alkanes) is 2. The number of allylic oxidation sites excluding steroid dienone is 2. The molecule has 0 aromatic rings. The van der Waals surface area contributed by atoms with Crippen LogP contribution in [-0.2, 0) is 0 Å². The van der Waals surface area contributed by atoms with Crippen molar-refractivity contribution in [2.45, 2.75) is 73.6 Å². The first-order valence-electron chi connectivity index (χ1n) is 6.76. The van der Waals surface area contributed by atoms with Crippen LogP contribution in [0.4, 0.5) is 0 Å². The number of hydrogen-bond acceptors (Lipinski definition) is 0. The monoisotopic (exact) mass is 240 g/mol. The SMILES string of the molecule is C.C=CCCCC(C)C.C=CCCCC(C)C. The molecule has 0 aliphatic heterocycles. The molecule has 0 bridgehead atoms. The molecule has 0 N–H and O–H groups in total. The molecule has 0 heterocycles. The molecule has 0 saturated carbocycles. The Hall–Kier alpha value is -0.520. The van der Waals surface area contributed by atoms with Crippen molar-refractivity contribution in [2.24, 2.45) is 11.8 Å². The highest BCUT2D eigenvalue weighted by molar-refractivity contribution is 4.66. The van der Waals surface area contributed by atoms with Crippen LogP contribution in [0.3, 0.4) is 0 Å². The molecule has 0 heteroatoms. The van der Waals surface area contributed by atoms with Crippen molar-refractivity contribution in [3.63, 3.8) is 0 Å². The molecule has 0 nitrogen and oxygen atoms in total. The molecule has 0 radical (unpaired) electrons. The predicted octanol–water partition coefficient (Wildman–Crippen LogP) is 6.63. The highest BCUT2D eigenvalue weighted by Crippen LogP contribution is 2.05. The van der Waals surface area contributed by atoms with Crippen molar-refractivity contribution in [3.05, 3.63) is 25.3 Å². The van der Waals surface area contributed by atoms with Gasteiger partial charge in [-0.3, -0.25) is 0 Å². The summed E-state index contributed by atoms with van der Waals surface area (Å²) in [5.74, 6) is 1.71. The van der Waals surface area contributed by atoms with E-state index in [1.807, 2.05) is 12.2 Å². The first-order valence-corrected chi connectivity index (χ1v) is 6.76. The fraction of sp³-hybridized carbons (Fsp3) is 0.765. The Bertz CT molecular complexity index is 124. The molecule has 0 spiro atoms. The van der Waals surface area contributed by atoms with Crippen LogP contribution in [0.15, 0.2) is 25.3 Å². The fourth-order valence-corrected chi connectivity index (χ4v) is 1.34. The lowest BCUT2D eigenvalue weighted by atomic mass is 10.1. The smallest absolute Gasteiger partial charge is 0.0353 e. The summed E-state index contributed by atoms with van der Waals surface area (Å²) in [4.78, 5) is 0. The second-order valence-corrected chi connectivity index (χ2v) is 5.23. The maximum absolute atomic E-state index is 3.66. The molecule has 0 atom stereocenters. The van der Waals surface area contributed by atoms with Crippen LogP contribution >= 0.6 is 0 Å². The largest absolute Gasteiger partial charge is 0.103 e. The minimum absolute atomic E-state index is 0. The maximum Gasteiger partial charge on any atom is -0.0353 e. The van der Waals surface area contributed by atoms with Gasteiger partial charge in [-0.2, -0.15) is 0 Å². The fourth-order valence-electron chi connectivity index (χ4n) is 1.34. The normalized spacial score (nSPS) is 9.29. The highest BCUT2D eigenvalue weighted by atomic mass is 14.0. The molecule has 17 heavy (non-hydrogen) atoms. The van der Waals surface area contributed by atoms with Crippen LogP contribution in [-0.4, -0.2) is 0 Å².